The lowest BCUT2D eigenvalue weighted by Gasteiger charge is -2.35. The summed E-state index contributed by atoms with van der Waals surface area (Å²) < 4.78 is 26.5. The number of benzene rings is 1. The molecule has 0 unspecified atom stereocenters. The van der Waals surface area contributed by atoms with E-state index in [1.165, 1.54) is 0 Å². The number of hydrogen-bond donors (Lipinski definition) is 1. The van der Waals surface area contributed by atoms with Crippen molar-refractivity contribution in [3.8, 4) is 0 Å². The van der Waals surface area contributed by atoms with Gasteiger partial charge in [0, 0.05) is 55.6 Å². The van der Waals surface area contributed by atoms with Crippen LogP contribution >= 0.6 is 0 Å². The molecule has 1 amide bonds. The summed E-state index contributed by atoms with van der Waals surface area (Å²) in [5.41, 5.74) is 1.07. The van der Waals surface area contributed by atoms with Crippen molar-refractivity contribution in [1.82, 2.24) is 14.9 Å². The molecule has 1 aromatic heterocycles. The Morgan fingerprint density at radius 1 is 1.07 bits per heavy atom. The van der Waals surface area contributed by atoms with Crippen LogP contribution in [0.3, 0.4) is 0 Å². The van der Waals surface area contributed by atoms with E-state index in [4.69, 9.17) is 0 Å². The Labute approximate surface area is 163 Å². The average Bonchev–Trinajstić information content (AvgIpc) is 2.60. The lowest BCUT2D eigenvalue weighted by atomic mass is 10.2. The van der Waals surface area contributed by atoms with Gasteiger partial charge in [0.2, 0.25) is 5.91 Å². The van der Waals surface area contributed by atoms with Crippen molar-refractivity contribution in [3.05, 3.63) is 47.4 Å². The maximum Gasteiger partial charge on any atom is 0.238 e. The van der Waals surface area contributed by atoms with E-state index in [0.717, 1.165) is 48.6 Å². The highest BCUT2D eigenvalue weighted by Gasteiger charge is 2.21. The summed E-state index contributed by atoms with van der Waals surface area (Å²) in [6.07, 6.45) is 0. The Kier molecular flexibility index (Phi) is 6.18. The van der Waals surface area contributed by atoms with Gasteiger partial charge in [-0.15, -0.1) is 0 Å². The summed E-state index contributed by atoms with van der Waals surface area (Å²) in [6, 6.07) is 4.95. The quantitative estimate of drug-likeness (QED) is 0.852. The number of hydrogen-bond acceptors (Lipinski definition) is 5. The van der Waals surface area contributed by atoms with Gasteiger partial charge in [-0.05, 0) is 19.1 Å². The monoisotopic (exact) mass is 389 g/mol. The number of aryl methyl sites for hydroxylation is 1. The van der Waals surface area contributed by atoms with E-state index < -0.39 is 11.6 Å². The molecule has 0 radical (unpaired) electrons. The van der Waals surface area contributed by atoms with Crippen molar-refractivity contribution in [3.63, 3.8) is 0 Å². The summed E-state index contributed by atoms with van der Waals surface area (Å²) in [4.78, 5) is 25.5. The molecule has 1 aliphatic heterocycles. The van der Waals surface area contributed by atoms with E-state index in [1.54, 1.807) is 0 Å². The van der Waals surface area contributed by atoms with Crippen LogP contribution < -0.4 is 10.2 Å². The third kappa shape index (κ3) is 5.22. The maximum atomic E-state index is 13.2. The van der Waals surface area contributed by atoms with Gasteiger partial charge >= 0.3 is 0 Å². The highest BCUT2D eigenvalue weighted by Crippen LogP contribution is 2.19. The number of anilines is 2. The molecule has 1 saturated heterocycles. The Balaban J connectivity index is 1.55. The van der Waals surface area contributed by atoms with Crippen molar-refractivity contribution in [1.29, 1.82) is 0 Å². The molecular weight excluding hydrogens is 364 g/mol. The number of nitrogens with zero attached hydrogens (tertiary/aromatic N) is 4. The average molecular weight is 389 g/mol. The SMILES string of the molecule is Cc1cc(N2CCN(CC(=O)Nc3cc(F)cc(F)c3)CC2)nc(C(C)C)n1. The third-order valence-electron chi connectivity index (χ3n) is 4.58. The molecule has 150 valence electrons. The van der Waals surface area contributed by atoms with Crippen LogP contribution in [0.5, 0.6) is 0 Å². The third-order valence-corrected chi connectivity index (χ3v) is 4.58. The predicted octanol–water partition coefficient (Wildman–Crippen LogP) is 2.95. The molecule has 2 heterocycles. The summed E-state index contributed by atoms with van der Waals surface area (Å²) in [5, 5.41) is 2.55. The minimum absolute atomic E-state index is 0.124. The maximum absolute atomic E-state index is 13.2. The van der Waals surface area contributed by atoms with Crippen molar-refractivity contribution in [2.24, 2.45) is 0 Å². The molecule has 0 spiro atoms. The Bertz CT molecular complexity index is 830. The number of rotatable bonds is 5. The van der Waals surface area contributed by atoms with Crippen LogP contribution in [0.15, 0.2) is 24.3 Å². The number of carbonyl (C=O) groups is 1. The number of aromatic nitrogens is 2. The van der Waals surface area contributed by atoms with E-state index in [2.05, 4.69) is 34.0 Å². The zero-order chi connectivity index (χ0) is 20.3. The first-order chi connectivity index (χ1) is 13.3. The molecule has 0 aliphatic carbocycles. The van der Waals surface area contributed by atoms with E-state index in [9.17, 15) is 13.6 Å². The largest absolute Gasteiger partial charge is 0.354 e. The zero-order valence-corrected chi connectivity index (χ0v) is 16.4. The van der Waals surface area contributed by atoms with Crippen molar-refractivity contribution < 1.29 is 13.6 Å². The fourth-order valence-corrected chi connectivity index (χ4v) is 3.16. The second kappa shape index (κ2) is 8.60. The molecule has 3 rings (SSSR count). The van der Waals surface area contributed by atoms with Gasteiger partial charge in [-0.1, -0.05) is 13.8 Å². The van der Waals surface area contributed by atoms with Crippen LogP contribution in [-0.2, 0) is 4.79 Å². The van der Waals surface area contributed by atoms with Crippen LogP contribution in [0.25, 0.3) is 0 Å². The van der Waals surface area contributed by atoms with Gasteiger partial charge in [0.05, 0.1) is 6.54 Å². The molecule has 0 saturated carbocycles. The van der Waals surface area contributed by atoms with Crippen molar-refractivity contribution in [2.45, 2.75) is 26.7 Å². The fourth-order valence-electron chi connectivity index (χ4n) is 3.16. The number of piperazine rings is 1. The highest BCUT2D eigenvalue weighted by atomic mass is 19.1. The summed E-state index contributed by atoms with van der Waals surface area (Å²) in [5.74, 6) is 0.277. The van der Waals surface area contributed by atoms with Gasteiger partial charge in [-0.3, -0.25) is 9.69 Å². The zero-order valence-electron chi connectivity index (χ0n) is 16.4. The standard InChI is InChI=1S/C20H25F2N5O/c1-13(2)20-23-14(3)8-18(25-20)27-6-4-26(5-7-27)12-19(28)24-17-10-15(21)9-16(22)11-17/h8-11,13H,4-7,12H2,1-3H3,(H,24,28). The molecule has 2 aromatic rings. The van der Waals surface area contributed by atoms with Crippen molar-refractivity contribution in [2.75, 3.05) is 42.9 Å². The molecule has 1 N–H and O–H groups in total. The van der Waals surface area contributed by atoms with Gasteiger partial charge in [-0.2, -0.15) is 0 Å². The van der Waals surface area contributed by atoms with E-state index in [1.807, 2.05) is 17.9 Å². The summed E-state index contributed by atoms with van der Waals surface area (Å²) in [7, 11) is 0. The molecule has 1 aliphatic rings. The molecular formula is C20H25F2N5O. The number of halogens is 2. The molecule has 1 aromatic carbocycles. The fraction of sp³-hybridized carbons (Fsp3) is 0.450. The number of nitrogens with one attached hydrogen (secondary N) is 1. The number of amides is 1. The van der Waals surface area contributed by atoms with Crippen LogP contribution in [-0.4, -0.2) is 53.5 Å². The lowest BCUT2D eigenvalue weighted by Crippen LogP contribution is -2.49. The smallest absolute Gasteiger partial charge is 0.238 e. The summed E-state index contributed by atoms with van der Waals surface area (Å²) in [6.45, 7) is 9.17. The number of carbonyl (C=O) groups excluding carboxylic acids is 1. The first-order valence-electron chi connectivity index (χ1n) is 9.39. The molecule has 1 fully saturated rings. The first kappa shape index (κ1) is 20.1. The lowest BCUT2D eigenvalue weighted by molar-refractivity contribution is -0.117. The molecule has 28 heavy (non-hydrogen) atoms. The molecule has 8 heteroatoms. The van der Waals surface area contributed by atoms with E-state index in [0.29, 0.717) is 13.1 Å². The van der Waals surface area contributed by atoms with Crippen LogP contribution in [0.1, 0.15) is 31.3 Å². The van der Waals surface area contributed by atoms with Gasteiger partial charge in [-0.25, -0.2) is 18.7 Å². The second-order valence-electron chi connectivity index (χ2n) is 7.35. The predicted molar refractivity (Wildman–Crippen MR) is 104 cm³/mol. The molecule has 0 bridgehead atoms. The minimum Gasteiger partial charge on any atom is -0.354 e. The van der Waals surface area contributed by atoms with Gasteiger partial charge in [0.15, 0.2) is 0 Å². The second-order valence-corrected chi connectivity index (χ2v) is 7.35. The topological polar surface area (TPSA) is 61.4 Å². The minimum atomic E-state index is -0.718. The Morgan fingerprint density at radius 2 is 1.71 bits per heavy atom. The van der Waals surface area contributed by atoms with Gasteiger partial charge in [0.25, 0.3) is 0 Å². The molecule has 6 nitrogen and oxygen atoms in total. The normalized spacial score (nSPS) is 15.1. The van der Waals surface area contributed by atoms with E-state index in [-0.39, 0.29) is 24.1 Å². The van der Waals surface area contributed by atoms with Gasteiger partial charge < -0.3 is 10.2 Å². The van der Waals surface area contributed by atoms with Crippen molar-refractivity contribution >= 4 is 17.4 Å². The summed E-state index contributed by atoms with van der Waals surface area (Å²) >= 11 is 0. The highest BCUT2D eigenvalue weighted by molar-refractivity contribution is 5.92. The Morgan fingerprint density at radius 3 is 2.32 bits per heavy atom. The van der Waals surface area contributed by atoms with Crippen LogP contribution in [0.4, 0.5) is 20.3 Å². The Hall–Kier alpha value is -2.61. The van der Waals surface area contributed by atoms with E-state index >= 15 is 0 Å². The van der Waals surface area contributed by atoms with Gasteiger partial charge in [0.1, 0.15) is 23.3 Å². The van der Waals surface area contributed by atoms with Crippen LogP contribution in [0.2, 0.25) is 0 Å². The molecule has 0 atom stereocenters. The van der Waals surface area contributed by atoms with Crippen LogP contribution in [0, 0.1) is 18.6 Å². The first-order valence-corrected chi connectivity index (χ1v) is 9.39.